The molecule has 4 nitrogen and oxygen atoms in total. The number of carboxylic acids is 1. The van der Waals surface area contributed by atoms with Gasteiger partial charge in [0.05, 0.1) is 7.11 Å². The summed E-state index contributed by atoms with van der Waals surface area (Å²) < 4.78 is 5.07. The lowest BCUT2D eigenvalue weighted by Crippen LogP contribution is -2.48. The second-order valence-corrected chi connectivity index (χ2v) is 3.82. The average Bonchev–Trinajstić information content (AvgIpc) is 2.36. The molecule has 1 aromatic carbocycles. The SMILES string of the molecule is CCNC(CC)(C(=O)O)c1ccc(OC)cc1. The van der Waals surface area contributed by atoms with Crippen molar-refractivity contribution in [2.75, 3.05) is 13.7 Å². The van der Waals surface area contributed by atoms with Crippen LogP contribution in [-0.4, -0.2) is 24.7 Å². The molecule has 0 saturated heterocycles. The zero-order valence-corrected chi connectivity index (χ0v) is 10.5. The highest BCUT2D eigenvalue weighted by Crippen LogP contribution is 2.27. The number of likely N-dealkylation sites (N-methyl/N-ethyl adjacent to an activating group) is 1. The van der Waals surface area contributed by atoms with E-state index in [1.807, 2.05) is 13.8 Å². The van der Waals surface area contributed by atoms with Crippen LogP contribution in [0.25, 0.3) is 0 Å². The second kappa shape index (κ2) is 5.68. The number of benzene rings is 1. The Kier molecular flexibility index (Phi) is 4.52. The molecule has 0 saturated carbocycles. The molecule has 0 aliphatic heterocycles. The van der Waals surface area contributed by atoms with Crippen LogP contribution in [0.4, 0.5) is 0 Å². The quantitative estimate of drug-likeness (QED) is 0.794. The maximum absolute atomic E-state index is 11.5. The van der Waals surface area contributed by atoms with Crippen molar-refractivity contribution in [1.82, 2.24) is 5.32 Å². The van der Waals surface area contributed by atoms with Crippen LogP contribution in [0.1, 0.15) is 25.8 Å². The molecule has 1 unspecified atom stereocenters. The minimum atomic E-state index is -1.01. The van der Waals surface area contributed by atoms with Gasteiger partial charge in [0.25, 0.3) is 0 Å². The highest BCUT2D eigenvalue weighted by Gasteiger charge is 2.37. The number of ether oxygens (including phenoxy) is 1. The van der Waals surface area contributed by atoms with E-state index in [0.29, 0.717) is 13.0 Å². The molecular weight excluding hydrogens is 218 g/mol. The zero-order valence-electron chi connectivity index (χ0n) is 10.5. The van der Waals surface area contributed by atoms with Crippen molar-refractivity contribution in [2.45, 2.75) is 25.8 Å². The Morgan fingerprint density at radius 2 is 1.94 bits per heavy atom. The summed E-state index contributed by atoms with van der Waals surface area (Å²) in [6, 6.07) is 7.14. The predicted molar refractivity (Wildman–Crippen MR) is 66.3 cm³/mol. The molecule has 4 heteroatoms. The Balaban J connectivity index is 3.15. The molecule has 0 heterocycles. The van der Waals surface area contributed by atoms with Gasteiger partial charge in [0, 0.05) is 0 Å². The van der Waals surface area contributed by atoms with Gasteiger partial charge in [-0.1, -0.05) is 26.0 Å². The normalized spacial score (nSPS) is 14.1. The number of nitrogens with one attached hydrogen (secondary N) is 1. The van der Waals surface area contributed by atoms with Crippen molar-refractivity contribution in [1.29, 1.82) is 0 Å². The van der Waals surface area contributed by atoms with E-state index in [4.69, 9.17) is 4.74 Å². The zero-order chi connectivity index (χ0) is 12.9. The van der Waals surface area contributed by atoms with Gasteiger partial charge in [0.15, 0.2) is 0 Å². The van der Waals surface area contributed by atoms with Crippen LogP contribution >= 0.6 is 0 Å². The van der Waals surface area contributed by atoms with Gasteiger partial charge in [0.2, 0.25) is 0 Å². The van der Waals surface area contributed by atoms with Crippen molar-refractivity contribution >= 4 is 5.97 Å². The van der Waals surface area contributed by atoms with E-state index < -0.39 is 11.5 Å². The largest absolute Gasteiger partial charge is 0.497 e. The van der Waals surface area contributed by atoms with Crippen molar-refractivity contribution < 1.29 is 14.6 Å². The minimum absolute atomic E-state index is 0.489. The molecule has 1 atom stereocenters. The first-order valence-electron chi connectivity index (χ1n) is 5.73. The first kappa shape index (κ1) is 13.5. The van der Waals surface area contributed by atoms with Crippen LogP contribution < -0.4 is 10.1 Å². The predicted octanol–water partition coefficient (Wildman–Crippen LogP) is 1.99. The van der Waals surface area contributed by atoms with E-state index in [2.05, 4.69) is 5.32 Å². The fourth-order valence-corrected chi connectivity index (χ4v) is 1.96. The van der Waals surface area contributed by atoms with E-state index in [-0.39, 0.29) is 0 Å². The van der Waals surface area contributed by atoms with Crippen LogP contribution in [0.3, 0.4) is 0 Å². The highest BCUT2D eigenvalue weighted by atomic mass is 16.5. The molecule has 0 bridgehead atoms. The summed E-state index contributed by atoms with van der Waals surface area (Å²) >= 11 is 0. The molecule has 17 heavy (non-hydrogen) atoms. The number of carbonyl (C=O) groups is 1. The molecule has 0 amide bonds. The Morgan fingerprint density at radius 3 is 2.29 bits per heavy atom. The van der Waals surface area contributed by atoms with Gasteiger partial charge in [0.1, 0.15) is 11.3 Å². The lowest BCUT2D eigenvalue weighted by molar-refractivity contribution is -0.145. The summed E-state index contributed by atoms with van der Waals surface area (Å²) in [5.74, 6) is -0.132. The summed E-state index contributed by atoms with van der Waals surface area (Å²) in [5.41, 5.74) is -0.267. The highest BCUT2D eigenvalue weighted by molar-refractivity contribution is 5.80. The lowest BCUT2D eigenvalue weighted by Gasteiger charge is -2.29. The monoisotopic (exact) mass is 237 g/mol. The number of methoxy groups -OCH3 is 1. The van der Waals surface area contributed by atoms with Crippen LogP contribution in [-0.2, 0) is 10.3 Å². The molecular formula is C13H19NO3. The molecule has 94 valence electrons. The molecule has 1 aromatic rings. The van der Waals surface area contributed by atoms with E-state index in [0.717, 1.165) is 11.3 Å². The van der Waals surface area contributed by atoms with Gasteiger partial charge < -0.3 is 9.84 Å². The summed E-state index contributed by atoms with van der Waals surface area (Å²) in [7, 11) is 1.59. The lowest BCUT2D eigenvalue weighted by atomic mass is 9.87. The number of carboxylic acid groups (broad SMARTS) is 1. The third-order valence-electron chi connectivity index (χ3n) is 2.96. The summed E-state index contributed by atoms with van der Waals surface area (Å²) in [6.07, 6.45) is 0.489. The van der Waals surface area contributed by atoms with Crippen LogP contribution in [0, 0.1) is 0 Å². The van der Waals surface area contributed by atoms with Crippen molar-refractivity contribution in [3.8, 4) is 5.75 Å². The molecule has 0 radical (unpaired) electrons. The average molecular weight is 237 g/mol. The fourth-order valence-electron chi connectivity index (χ4n) is 1.96. The number of hydrogen-bond donors (Lipinski definition) is 2. The standard InChI is InChI=1S/C13H19NO3/c1-4-13(12(15)16,14-5-2)10-6-8-11(17-3)9-7-10/h6-9,14H,4-5H2,1-3H3,(H,15,16). The maximum Gasteiger partial charge on any atom is 0.328 e. The van der Waals surface area contributed by atoms with Gasteiger partial charge in [-0.05, 0) is 30.7 Å². The van der Waals surface area contributed by atoms with Crippen LogP contribution in [0.5, 0.6) is 5.75 Å². The summed E-state index contributed by atoms with van der Waals surface area (Å²) in [6.45, 7) is 4.37. The van der Waals surface area contributed by atoms with E-state index >= 15 is 0 Å². The fraction of sp³-hybridized carbons (Fsp3) is 0.462. The van der Waals surface area contributed by atoms with Crippen molar-refractivity contribution in [2.24, 2.45) is 0 Å². The Morgan fingerprint density at radius 1 is 1.35 bits per heavy atom. The van der Waals surface area contributed by atoms with E-state index in [9.17, 15) is 9.90 Å². The smallest absolute Gasteiger partial charge is 0.328 e. The minimum Gasteiger partial charge on any atom is -0.497 e. The third-order valence-corrected chi connectivity index (χ3v) is 2.96. The molecule has 0 spiro atoms. The van der Waals surface area contributed by atoms with E-state index in [1.54, 1.807) is 31.4 Å². The van der Waals surface area contributed by atoms with Crippen molar-refractivity contribution in [3.63, 3.8) is 0 Å². The van der Waals surface area contributed by atoms with Gasteiger partial charge in [-0.25, -0.2) is 4.79 Å². The molecule has 0 aromatic heterocycles. The van der Waals surface area contributed by atoms with Gasteiger partial charge >= 0.3 is 5.97 Å². The summed E-state index contributed by atoms with van der Waals surface area (Å²) in [4.78, 5) is 11.5. The number of aliphatic carboxylic acids is 1. The molecule has 2 N–H and O–H groups in total. The Hall–Kier alpha value is -1.55. The maximum atomic E-state index is 11.5. The molecule has 0 aliphatic rings. The third kappa shape index (κ3) is 2.58. The Labute approximate surface area is 102 Å². The van der Waals surface area contributed by atoms with Gasteiger partial charge in [-0.3, -0.25) is 5.32 Å². The molecule has 0 aliphatic carbocycles. The topological polar surface area (TPSA) is 58.6 Å². The van der Waals surface area contributed by atoms with Crippen molar-refractivity contribution in [3.05, 3.63) is 29.8 Å². The van der Waals surface area contributed by atoms with Gasteiger partial charge in [-0.15, -0.1) is 0 Å². The summed E-state index contributed by atoms with van der Waals surface area (Å²) in [5, 5.41) is 12.5. The van der Waals surface area contributed by atoms with Crippen LogP contribution in [0.15, 0.2) is 24.3 Å². The van der Waals surface area contributed by atoms with Gasteiger partial charge in [-0.2, -0.15) is 0 Å². The first-order valence-corrected chi connectivity index (χ1v) is 5.73. The first-order chi connectivity index (χ1) is 8.10. The molecule has 1 rings (SSSR count). The Bertz CT molecular complexity index is 375. The van der Waals surface area contributed by atoms with Crippen LogP contribution in [0.2, 0.25) is 0 Å². The number of rotatable bonds is 6. The van der Waals surface area contributed by atoms with E-state index in [1.165, 1.54) is 0 Å². The number of hydrogen-bond acceptors (Lipinski definition) is 3. The molecule has 0 fully saturated rings. The second-order valence-electron chi connectivity index (χ2n) is 3.82.